The van der Waals surface area contributed by atoms with E-state index >= 15 is 0 Å². The highest BCUT2D eigenvalue weighted by molar-refractivity contribution is 6.07. The van der Waals surface area contributed by atoms with Crippen LogP contribution in [-0.4, -0.2) is 24.5 Å². The van der Waals surface area contributed by atoms with Crippen LogP contribution in [0.2, 0.25) is 0 Å². The highest BCUT2D eigenvalue weighted by Crippen LogP contribution is 2.39. The number of esters is 1. The van der Waals surface area contributed by atoms with Crippen molar-refractivity contribution in [1.82, 2.24) is 0 Å². The molecule has 1 aliphatic carbocycles. The van der Waals surface area contributed by atoms with Gasteiger partial charge in [0.1, 0.15) is 0 Å². The Kier molecular flexibility index (Phi) is 3.45. The fraction of sp³-hybridized carbons (Fsp3) is 0.429. The Bertz CT molecular complexity index is 447. The van der Waals surface area contributed by atoms with Crippen LogP contribution in [0.3, 0.4) is 0 Å². The van der Waals surface area contributed by atoms with Crippen molar-refractivity contribution in [3.63, 3.8) is 0 Å². The van der Waals surface area contributed by atoms with Crippen LogP contribution < -0.4 is 0 Å². The zero-order valence-corrected chi connectivity index (χ0v) is 10.2. The molecule has 0 saturated heterocycles. The summed E-state index contributed by atoms with van der Waals surface area (Å²) in [6.07, 6.45) is 0.527. The lowest BCUT2D eigenvalue weighted by Crippen LogP contribution is -2.47. The molecule has 2 atom stereocenters. The number of rotatable bonds is 2. The van der Waals surface area contributed by atoms with Crippen molar-refractivity contribution in [2.75, 3.05) is 7.11 Å². The Morgan fingerprint density at radius 2 is 2.06 bits per heavy atom. The highest BCUT2D eigenvalue weighted by Gasteiger charge is 2.51. The summed E-state index contributed by atoms with van der Waals surface area (Å²) >= 11 is 0. The van der Waals surface area contributed by atoms with Gasteiger partial charge in [-0.2, -0.15) is 0 Å². The third kappa shape index (κ3) is 2.15. The third-order valence-electron chi connectivity index (χ3n) is 3.47. The summed E-state index contributed by atoms with van der Waals surface area (Å²) < 4.78 is 18.9. The number of benzene rings is 1. The Hall–Kier alpha value is -1.71. The van der Waals surface area contributed by atoms with E-state index in [1.807, 2.05) is 30.3 Å². The van der Waals surface area contributed by atoms with Gasteiger partial charge in [0.05, 0.1) is 7.11 Å². The number of Topliss-reactive ketones (excluding diaryl/α,β-unsaturated/α-hetero) is 1. The van der Waals surface area contributed by atoms with Crippen molar-refractivity contribution in [2.24, 2.45) is 0 Å². The van der Waals surface area contributed by atoms with E-state index in [9.17, 15) is 14.0 Å². The van der Waals surface area contributed by atoms with E-state index in [2.05, 4.69) is 4.74 Å². The fourth-order valence-corrected chi connectivity index (χ4v) is 2.43. The van der Waals surface area contributed by atoms with Gasteiger partial charge in [0, 0.05) is 12.8 Å². The first kappa shape index (κ1) is 12.7. The molecule has 2 unspecified atom stereocenters. The highest BCUT2D eigenvalue weighted by atomic mass is 19.1. The van der Waals surface area contributed by atoms with Crippen LogP contribution in [0.25, 0.3) is 0 Å². The molecule has 2 rings (SSSR count). The first-order valence-electron chi connectivity index (χ1n) is 5.93. The largest absolute Gasteiger partial charge is 0.466 e. The molecule has 96 valence electrons. The van der Waals surface area contributed by atoms with Gasteiger partial charge in [-0.1, -0.05) is 30.3 Å². The maximum absolute atomic E-state index is 14.5. The second-order valence-electron chi connectivity index (χ2n) is 4.57. The number of hydrogen-bond donors (Lipinski definition) is 0. The lowest BCUT2D eigenvalue weighted by atomic mass is 9.75. The van der Waals surface area contributed by atoms with Gasteiger partial charge in [-0.05, 0) is 17.9 Å². The van der Waals surface area contributed by atoms with Crippen LogP contribution in [-0.2, 0) is 14.3 Å². The summed E-state index contributed by atoms with van der Waals surface area (Å²) in [5, 5.41) is 0. The monoisotopic (exact) mass is 250 g/mol. The quantitative estimate of drug-likeness (QED) is 0.598. The number of ether oxygens (including phenoxy) is 1. The molecule has 1 fully saturated rings. The summed E-state index contributed by atoms with van der Waals surface area (Å²) in [6.45, 7) is 0. The van der Waals surface area contributed by atoms with E-state index < -0.39 is 17.4 Å². The molecule has 0 N–H and O–H groups in total. The lowest BCUT2D eigenvalue weighted by Gasteiger charge is -2.31. The van der Waals surface area contributed by atoms with Gasteiger partial charge in [-0.3, -0.25) is 4.79 Å². The van der Waals surface area contributed by atoms with Gasteiger partial charge in [0.15, 0.2) is 5.78 Å². The van der Waals surface area contributed by atoms with Crippen LogP contribution in [0.4, 0.5) is 4.39 Å². The molecule has 0 amide bonds. The van der Waals surface area contributed by atoms with Gasteiger partial charge in [0.2, 0.25) is 0 Å². The Balaban J connectivity index is 2.24. The molecular weight excluding hydrogens is 235 g/mol. The van der Waals surface area contributed by atoms with Crippen molar-refractivity contribution in [3.8, 4) is 0 Å². The molecule has 1 saturated carbocycles. The van der Waals surface area contributed by atoms with Gasteiger partial charge < -0.3 is 4.74 Å². The summed E-state index contributed by atoms with van der Waals surface area (Å²) in [5.74, 6) is -1.86. The standard InChI is InChI=1S/C14H15FO3/c1-18-13(17)14(15)9-11(7-8-12(14)16)10-5-3-2-4-6-10/h2-6,11H,7-9H2,1H3. The summed E-state index contributed by atoms with van der Waals surface area (Å²) in [5.41, 5.74) is -1.52. The van der Waals surface area contributed by atoms with Crippen LogP contribution in [0.5, 0.6) is 0 Å². The van der Waals surface area contributed by atoms with E-state index in [-0.39, 0.29) is 18.8 Å². The normalized spacial score (nSPS) is 27.9. The molecule has 4 heteroatoms. The molecule has 0 aliphatic heterocycles. The second kappa shape index (κ2) is 4.88. The van der Waals surface area contributed by atoms with Crippen LogP contribution in [0.15, 0.2) is 30.3 Å². The molecule has 3 nitrogen and oxygen atoms in total. The SMILES string of the molecule is COC(=O)C1(F)CC(c2ccccc2)CCC1=O. The number of ketones is 1. The number of methoxy groups -OCH3 is 1. The van der Waals surface area contributed by atoms with E-state index in [1.54, 1.807) is 0 Å². The van der Waals surface area contributed by atoms with Crippen molar-refractivity contribution in [1.29, 1.82) is 0 Å². The molecule has 1 aromatic rings. The first-order valence-corrected chi connectivity index (χ1v) is 5.93. The number of carbonyl (C=O) groups is 2. The van der Waals surface area contributed by atoms with Crippen LogP contribution >= 0.6 is 0 Å². The first-order chi connectivity index (χ1) is 8.58. The lowest BCUT2D eigenvalue weighted by molar-refractivity contribution is -0.162. The van der Waals surface area contributed by atoms with E-state index in [4.69, 9.17) is 0 Å². The Labute approximate surface area is 105 Å². The molecule has 0 spiro atoms. The molecule has 0 radical (unpaired) electrons. The smallest absolute Gasteiger partial charge is 0.351 e. The Morgan fingerprint density at radius 1 is 1.39 bits per heavy atom. The maximum atomic E-state index is 14.5. The van der Waals surface area contributed by atoms with Crippen molar-refractivity contribution in [2.45, 2.75) is 30.8 Å². The summed E-state index contributed by atoms with van der Waals surface area (Å²) in [6, 6.07) is 9.38. The average molecular weight is 250 g/mol. The minimum atomic E-state index is -2.48. The van der Waals surface area contributed by atoms with Gasteiger partial charge in [-0.15, -0.1) is 0 Å². The topological polar surface area (TPSA) is 43.4 Å². The van der Waals surface area contributed by atoms with E-state index in [1.165, 1.54) is 0 Å². The van der Waals surface area contributed by atoms with Gasteiger partial charge in [-0.25, -0.2) is 9.18 Å². The zero-order chi connectivity index (χ0) is 13.2. The number of halogens is 1. The summed E-state index contributed by atoms with van der Waals surface area (Å²) in [4.78, 5) is 23.1. The van der Waals surface area contributed by atoms with Crippen LogP contribution in [0, 0.1) is 0 Å². The second-order valence-corrected chi connectivity index (χ2v) is 4.57. The molecule has 0 bridgehead atoms. The van der Waals surface area contributed by atoms with Crippen molar-refractivity contribution in [3.05, 3.63) is 35.9 Å². The van der Waals surface area contributed by atoms with Crippen LogP contribution in [0.1, 0.15) is 30.7 Å². The number of carbonyl (C=O) groups excluding carboxylic acids is 2. The molecule has 0 aromatic heterocycles. The molecular formula is C14H15FO3. The zero-order valence-electron chi connectivity index (χ0n) is 10.2. The maximum Gasteiger partial charge on any atom is 0.351 e. The number of hydrogen-bond acceptors (Lipinski definition) is 3. The van der Waals surface area contributed by atoms with Gasteiger partial charge in [0.25, 0.3) is 5.67 Å². The predicted molar refractivity (Wildman–Crippen MR) is 63.9 cm³/mol. The average Bonchev–Trinajstić information content (AvgIpc) is 2.42. The van der Waals surface area contributed by atoms with E-state index in [0.29, 0.717) is 6.42 Å². The number of alkyl halides is 1. The minimum absolute atomic E-state index is 0.0746. The fourth-order valence-electron chi connectivity index (χ4n) is 2.43. The van der Waals surface area contributed by atoms with Crippen molar-refractivity contribution < 1.29 is 18.7 Å². The van der Waals surface area contributed by atoms with E-state index in [0.717, 1.165) is 12.7 Å². The summed E-state index contributed by atoms with van der Waals surface area (Å²) in [7, 11) is 1.10. The molecule has 0 heterocycles. The van der Waals surface area contributed by atoms with Gasteiger partial charge >= 0.3 is 5.97 Å². The minimum Gasteiger partial charge on any atom is -0.466 e. The molecule has 18 heavy (non-hydrogen) atoms. The molecule has 1 aliphatic rings. The molecule has 1 aromatic carbocycles. The third-order valence-corrected chi connectivity index (χ3v) is 3.47. The van der Waals surface area contributed by atoms with Crippen molar-refractivity contribution >= 4 is 11.8 Å². The predicted octanol–water partition coefficient (Wildman–Crippen LogP) is 2.40. The Morgan fingerprint density at radius 3 is 2.67 bits per heavy atom.